The molecular weight excluding hydrogens is 456 g/mol. The summed E-state index contributed by atoms with van der Waals surface area (Å²) in [5, 5.41) is 9.27. The van der Waals surface area contributed by atoms with Gasteiger partial charge in [0, 0.05) is 24.0 Å². The summed E-state index contributed by atoms with van der Waals surface area (Å²) in [7, 11) is 0. The maximum Gasteiger partial charge on any atom is 0.330 e. The van der Waals surface area contributed by atoms with Gasteiger partial charge in [0.2, 0.25) is 0 Å². The minimum Gasteiger partial charge on any atom is -0.481 e. The predicted molar refractivity (Wildman–Crippen MR) is 137 cm³/mol. The highest BCUT2D eigenvalue weighted by Gasteiger charge is 2.65. The van der Waals surface area contributed by atoms with Gasteiger partial charge in [0.15, 0.2) is 0 Å². The van der Waals surface area contributed by atoms with Gasteiger partial charge in [-0.1, -0.05) is 33.9 Å². The number of ether oxygens (including phenoxy) is 2. The number of hydrogen-bond acceptors (Lipinski definition) is 5. The molecule has 1 N–H and O–H groups in total. The van der Waals surface area contributed by atoms with Crippen molar-refractivity contribution in [1.82, 2.24) is 0 Å². The van der Waals surface area contributed by atoms with Crippen LogP contribution >= 0.6 is 0 Å². The Kier molecular flexibility index (Phi) is 7.73. The van der Waals surface area contributed by atoms with E-state index >= 15 is 0 Å². The maximum absolute atomic E-state index is 12.5. The number of carboxylic acid groups (broad SMARTS) is 1. The smallest absolute Gasteiger partial charge is 0.330 e. The molecule has 0 amide bonds. The van der Waals surface area contributed by atoms with Gasteiger partial charge >= 0.3 is 17.9 Å². The molecule has 4 fully saturated rings. The standard InChI is InChI=1S/C30H44O6/c1-6-27(33)35-20-14-15-29(4)19(16-20)9-10-21-23-12-11-22(18(3)8-13-26(31)32)30(23,5)25(17-24(21)29)36-28(34)7-2/h6-7,18-25H,1-2,8-17H2,3-5H3,(H,31,32)/t18-,19-,20-,21+,22-,23+,24+,25+,29+,30-/m1/s1. The largest absolute Gasteiger partial charge is 0.481 e. The van der Waals surface area contributed by atoms with Crippen LogP contribution in [0.15, 0.2) is 25.3 Å². The van der Waals surface area contributed by atoms with E-state index in [0.29, 0.717) is 36.0 Å². The number of carbonyl (C=O) groups is 3. The molecule has 0 aromatic heterocycles. The van der Waals surface area contributed by atoms with E-state index in [2.05, 4.69) is 33.9 Å². The van der Waals surface area contributed by atoms with Crippen LogP contribution in [0.1, 0.15) is 85.0 Å². The van der Waals surface area contributed by atoms with E-state index in [0.717, 1.165) is 51.4 Å². The fraction of sp³-hybridized carbons (Fsp3) is 0.767. The second-order valence-corrected chi connectivity index (χ2v) is 12.5. The Hall–Kier alpha value is -2.11. The summed E-state index contributed by atoms with van der Waals surface area (Å²) in [6.45, 7) is 14.1. The Morgan fingerprint density at radius 3 is 2.33 bits per heavy atom. The van der Waals surface area contributed by atoms with Gasteiger partial charge in [-0.3, -0.25) is 4.79 Å². The van der Waals surface area contributed by atoms with Gasteiger partial charge in [0.25, 0.3) is 0 Å². The zero-order valence-corrected chi connectivity index (χ0v) is 22.2. The average Bonchev–Trinajstić information content (AvgIpc) is 3.21. The minimum atomic E-state index is -0.750. The van der Waals surface area contributed by atoms with Gasteiger partial charge in [-0.25, -0.2) is 9.59 Å². The summed E-state index contributed by atoms with van der Waals surface area (Å²) < 4.78 is 11.8. The van der Waals surface area contributed by atoms with Crippen LogP contribution in [-0.4, -0.2) is 35.2 Å². The second-order valence-electron chi connectivity index (χ2n) is 12.5. The molecular formula is C30H44O6. The zero-order chi connectivity index (χ0) is 26.3. The third kappa shape index (κ3) is 4.65. The molecule has 0 saturated heterocycles. The van der Waals surface area contributed by atoms with E-state index in [1.165, 1.54) is 12.2 Å². The molecule has 0 radical (unpaired) electrons. The SMILES string of the molecule is C=CC(=O)O[C@@H]1CC[C@@]2(C)[C@H](CC[C@@H]3[C@@H]2C[C@H](OC(=O)C=C)[C@]2(C)[C@@H]([C@H](C)CCC(=O)O)CC[C@@H]32)C1. The first-order valence-corrected chi connectivity index (χ1v) is 13.9. The van der Waals surface area contributed by atoms with E-state index in [1.54, 1.807) is 0 Å². The van der Waals surface area contributed by atoms with Crippen molar-refractivity contribution >= 4 is 17.9 Å². The third-order valence-corrected chi connectivity index (χ3v) is 11.1. The summed E-state index contributed by atoms with van der Waals surface area (Å²) in [6.07, 6.45) is 11.2. The highest BCUT2D eigenvalue weighted by atomic mass is 16.5. The fourth-order valence-corrected chi connectivity index (χ4v) is 9.35. The summed E-state index contributed by atoms with van der Waals surface area (Å²) >= 11 is 0. The van der Waals surface area contributed by atoms with Crippen LogP contribution in [0, 0.1) is 46.3 Å². The summed E-state index contributed by atoms with van der Waals surface area (Å²) in [5.41, 5.74) is -0.0230. The molecule has 10 atom stereocenters. The molecule has 0 aliphatic heterocycles. The molecule has 6 heteroatoms. The quantitative estimate of drug-likeness (QED) is 0.327. The first-order chi connectivity index (χ1) is 17.0. The highest BCUT2D eigenvalue weighted by Crippen LogP contribution is 2.69. The number of fused-ring (bicyclic) bond motifs is 5. The van der Waals surface area contributed by atoms with Crippen LogP contribution in [0.2, 0.25) is 0 Å². The van der Waals surface area contributed by atoms with Crippen molar-refractivity contribution in [3.05, 3.63) is 25.3 Å². The van der Waals surface area contributed by atoms with Crippen molar-refractivity contribution < 1.29 is 29.0 Å². The first-order valence-electron chi connectivity index (χ1n) is 13.9. The van der Waals surface area contributed by atoms with Crippen molar-refractivity contribution in [2.24, 2.45) is 46.3 Å². The fourth-order valence-electron chi connectivity index (χ4n) is 9.35. The lowest BCUT2D eigenvalue weighted by atomic mass is 9.43. The van der Waals surface area contributed by atoms with Crippen LogP contribution in [0.4, 0.5) is 0 Å². The molecule has 36 heavy (non-hydrogen) atoms. The van der Waals surface area contributed by atoms with Crippen molar-refractivity contribution in [2.45, 2.75) is 97.2 Å². The van der Waals surface area contributed by atoms with E-state index in [4.69, 9.17) is 9.47 Å². The van der Waals surface area contributed by atoms with Crippen molar-refractivity contribution in [3.63, 3.8) is 0 Å². The average molecular weight is 501 g/mol. The molecule has 0 aromatic carbocycles. The number of carboxylic acids is 1. The van der Waals surface area contributed by atoms with Crippen molar-refractivity contribution in [1.29, 1.82) is 0 Å². The first kappa shape index (κ1) is 26.9. The molecule has 0 heterocycles. The topological polar surface area (TPSA) is 89.9 Å². The normalized spacial score (nSPS) is 42.1. The maximum atomic E-state index is 12.5. The van der Waals surface area contributed by atoms with Crippen LogP contribution < -0.4 is 0 Å². The molecule has 4 aliphatic carbocycles. The number of rotatable bonds is 8. The highest BCUT2D eigenvalue weighted by molar-refractivity contribution is 5.81. The molecule has 200 valence electrons. The Balaban J connectivity index is 1.60. The minimum absolute atomic E-state index is 0.0423. The molecule has 4 rings (SSSR count). The Morgan fingerprint density at radius 2 is 1.67 bits per heavy atom. The van der Waals surface area contributed by atoms with Crippen molar-refractivity contribution in [3.8, 4) is 0 Å². The van der Waals surface area contributed by atoms with Gasteiger partial charge < -0.3 is 14.6 Å². The van der Waals surface area contributed by atoms with Gasteiger partial charge in [-0.2, -0.15) is 0 Å². The Labute approximate surface area is 215 Å². The van der Waals surface area contributed by atoms with E-state index < -0.39 is 5.97 Å². The Morgan fingerprint density at radius 1 is 0.972 bits per heavy atom. The van der Waals surface area contributed by atoms with Gasteiger partial charge in [-0.05, 0) is 98.7 Å². The molecule has 0 unspecified atom stereocenters. The summed E-state index contributed by atoms with van der Waals surface area (Å²) in [6, 6.07) is 0. The van der Waals surface area contributed by atoms with E-state index in [-0.39, 0.29) is 47.3 Å². The molecule has 4 saturated carbocycles. The monoisotopic (exact) mass is 500 g/mol. The number of hydrogen-bond donors (Lipinski definition) is 1. The van der Waals surface area contributed by atoms with Crippen molar-refractivity contribution in [2.75, 3.05) is 0 Å². The summed E-state index contributed by atoms with van der Waals surface area (Å²) in [4.78, 5) is 35.6. The van der Waals surface area contributed by atoms with Crippen LogP contribution in [0.3, 0.4) is 0 Å². The number of aliphatic carboxylic acids is 1. The summed E-state index contributed by atoms with van der Waals surface area (Å²) in [5.74, 6) is 1.15. The van der Waals surface area contributed by atoms with Gasteiger partial charge in [0.05, 0.1) is 0 Å². The molecule has 0 spiro atoms. The lowest BCUT2D eigenvalue weighted by Crippen LogP contribution is -2.59. The lowest BCUT2D eigenvalue weighted by Gasteiger charge is -2.62. The third-order valence-electron chi connectivity index (χ3n) is 11.1. The molecule has 4 aliphatic rings. The van der Waals surface area contributed by atoms with Gasteiger partial charge in [-0.15, -0.1) is 0 Å². The van der Waals surface area contributed by atoms with Gasteiger partial charge in [0.1, 0.15) is 12.2 Å². The lowest BCUT2D eigenvalue weighted by molar-refractivity contribution is -0.196. The molecule has 6 nitrogen and oxygen atoms in total. The van der Waals surface area contributed by atoms with E-state index in [1.807, 2.05) is 0 Å². The van der Waals surface area contributed by atoms with Crippen LogP contribution in [-0.2, 0) is 23.9 Å². The number of esters is 2. The number of carbonyl (C=O) groups excluding carboxylic acids is 2. The Bertz CT molecular complexity index is 896. The van der Waals surface area contributed by atoms with Crippen LogP contribution in [0.25, 0.3) is 0 Å². The second kappa shape index (κ2) is 10.3. The predicted octanol–water partition coefficient (Wildman–Crippen LogP) is 5.95. The van der Waals surface area contributed by atoms with E-state index in [9.17, 15) is 19.5 Å². The molecule has 0 bridgehead atoms. The zero-order valence-electron chi connectivity index (χ0n) is 22.2. The molecule has 0 aromatic rings. The van der Waals surface area contributed by atoms with Crippen LogP contribution in [0.5, 0.6) is 0 Å².